The summed E-state index contributed by atoms with van der Waals surface area (Å²) in [6.45, 7) is 2.00. The predicted octanol–water partition coefficient (Wildman–Crippen LogP) is 5.24. The third-order valence-electron chi connectivity index (χ3n) is 2.08. The molecule has 0 saturated carbocycles. The highest BCUT2D eigenvalue weighted by Crippen LogP contribution is 2.33. The SMILES string of the molecule is CCc1nc(-c2cc(Br)c(Br)o2)nc(Cl)c1Br. The maximum absolute atomic E-state index is 6.03. The first kappa shape index (κ1) is 13.5. The summed E-state index contributed by atoms with van der Waals surface area (Å²) in [7, 11) is 0. The summed E-state index contributed by atoms with van der Waals surface area (Å²) in [6.07, 6.45) is 0.763. The fraction of sp³-hybridized carbons (Fsp3) is 0.200. The van der Waals surface area contributed by atoms with E-state index in [1.807, 2.05) is 6.92 Å². The Labute approximate surface area is 128 Å². The summed E-state index contributed by atoms with van der Waals surface area (Å²) < 4.78 is 7.62. The van der Waals surface area contributed by atoms with Gasteiger partial charge in [0.2, 0.25) is 0 Å². The van der Waals surface area contributed by atoms with Crippen LogP contribution in [0.4, 0.5) is 0 Å². The van der Waals surface area contributed by atoms with Crippen molar-refractivity contribution in [2.24, 2.45) is 0 Å². The van der Waals surface area contributed by atoms with Crippen molar-refractivity contribution in [2.75, 3.05) is 0 Å². The zero-order valence-corrected chi connectivity index (χ0v) is 14.1. The maximum Gasteiger partial charge on any atom is 0.197 e. The van der Waals surface area contributed by atoms with Crippen LogP contribution in [0.2, 0.25) is 5.15 Å². The Morgan fingerprint density at radius 2 is 2.00 bits per heavy atom. The van der Waals surface area contributed by atoms with Crippen LogP contribution in [0, 0.1) is 0 Å². The Kier molecular flexibility index (Phi) is 4.28. The molecule has 7 heteroatoms. The molecule has 2 aromatic heterocycles. The highest BCUT2D eigenvalue weighted by atomic mass is 79.9. The van der Waals surface area contributed by atoms with E-state index >= 15 is 0 Å². The molecule has 0 amide bonds. The fourth-order valence-electron chi connectivity index (χ4n) is 1.26. The van der Waals surface area contributed by atoms with Crippen LogP contribution < -0.4 is 0 Å². The molecule has 0 bridgehead atoms. The van der Waals surface area contributed by atoms with Crippen LogP contribution in [-0.2, 0) is 6.42 Å². The summed E-state index contributed by atoms with van der Waals surface area (Å²) in [6, 6.07) is 1.79. The quantitative estimate of drug-likeness (QED) is 0.594. The van der Waals surface area contributed by atoms with Crippen molar-refractivity contribution in [3.8, 4) is 11.6 Å². The summed E-state index contributed by atoms with van der Waals surface area (Å²) in [5.41, 5.74) is 0.851. The summed E-state index contributed by atoms with van der Waals surface area (Å²) in [5, 5.41) is 0.385. The van der Waals surface area contributed by atoms with E-state index < -0.39 is 0 Å². The van der Waals surface area contributed by atoms with Gasteiger partial charge in [-0.2, -0.15) is 0 Å². The van der Waals surface area contributed by atoms with E-state index in [1.165, 1.54) is 0 Å². The number of hydrogen-bond donors (Lipinski definition) is 0. The molecule has 0 radical (unpaired) electrons. The minimum Gasteiger partial charge on any atom is -0.445 e. The first-order valence-electron chi connectivity index (χ1n) is 4.70. The molecule has 90 valence electrons. The van der Waals surface area contributed by atoms with Crippen LogP contribution in [0.25, 0.3) is 11.6 Å². The second-order valence-corrected chi connectivity index (χ2v) is 5.91. The van der Waals surface area contributed by atoms with Crippen LogP contribution >= 0.6 is 59.4 Å². The molecule has 0 spiro atoms. The third kappa shape index (κ3) is 2.75. The van der Waals surface area contributed by atoms with Gasteiger partial charge >= 0.3 is 0 Å². The van der Waals surface area contributed by atoms with Crippen molar-refractivity contribution in [1.29, 1.82) is 0 Å². The molecule has 2 heterocycles. The van der Waals surface area contributed by atoms with Gasteiger partial charge in [-0.05, 0) is 54.2 Å². The van der Waals surface area contributed by atoms with Gasteiger partial charge in [0.1, 0.15) is 5.15 Å². The predicted molar refractivity (Wildman–Crippen MR) is 77.2 cm³/mol. The summed E-state index contributed by atoms with van der Waals surface area (Å²) in [4.78, 5) is 8.58. The van der Waals surface area contributed by atoms with Crippen LogP contribution in [0.15, 0.2) is 24.1 Å². The van der Waals surface area contributed by atoms with Gasteiger partial charge in [-0.3, -0.25) is 0 Å². The standard InChI is InChI=1S/C10H6Br3ClN2O/c1-2-5-7(12)9(14)16-10(15-5)6-3-4(11)8(13)17-6/h3H,2H2,1H3. The van der Waals surface area contributed by atoms with Gasteiger partial charge in [0.25, 0.3) is 0 Å². The average molecular weight is 445 g/mol. The van der Waals surface area contributed by atoms with Gasteiger partial charge in [0.05, 0.1) is 14.6 Å². The van der Waals surface area contributed by atoms with Gasteiger partial charge in [-0.15, -0.1) is 0 Å². The lowest BCUT2D eigenvalue weighted by atomic mass is 10.3. The molecule has 0 aliphatic rings. The molecule has 17 heavy (non-hydrogen) atoms. The molecule has 0 atom stereocenters. The number of furan rings is 1. The minimum atomic E-state index is 0.385. The largest absolute Gasteiger partial charge is 0.445 e. The molecule has 0 aromatic carbocycles. The molecule has 2 rings (SSSR count). The first-order chi connectivity index (χ1) is 8.02. The van der Waals surface area contributed by atoms with Crippen molar-refractivity contribution in [3.63, 3.8) is 0 Å². The van der Waals surface area contributed by atoms with E-state index in [2.05, 4.69) is 57.8 Å². The molecule has 0 fully saturated rings. The van der Waals surface area contributed by atoms with E-state index in [4.69, 9.17) is 16.0 Å². The zero-order chi connectivity index (χ0) is 12.6. The molecule has 3 nitrogen and oxygen atoms in total. The summed E-state index contributed by atoms with van der Waals surface area (Å²) >= 11 is 16.0. The molecular weight excluding hydrogens is 439 g/mol. The normalized spacial score (nSPS) is 10.9. The number of aryl methyl sites for hydroxylation is 1. The van der Waals surface area contributed by atoms with Gasteiger partial charge in [-0.25, -0.2) is 9.97 Å². The lowest BCUT2D eigenvalue weighted by Gasteiger charge is -2.04. The van der Waals surface area contributed by atoms with Crippen LogP contribution in [0.1, 0.15) is 12.6 Å². The Morgan fingerprint density at radius 3 is 2.53 bits per heavy atom. The van der Waals surface area contributed by atoms with Crippen molar-refractivity contribution >= 4 is 59.4 Å². The Hall–Kier alpha value is 0.0900. The molecule has 0 aliphatic heterocycles. The van der Waals surface area contributed by atoms with Gasteiger partial charge in [0.15, 0.2) is 16.3 Å². The lowest BCUT2D eigenvalue weighted by Crippen LogP contribution is -1.96. The maximum atomic E-state index is 6.03. The Balaban J connectivity index is 2.56. The van der Waals surface area contributed by atoms with Crippen LogP contribution in [0.3, 0.4) is 0 Å². The topological polar surface area (TPSA) is 38.9 Å². The van der Waals surface area contributed by atoms with E-state index in [0.29, 0.717) is 21.4 Å². The third-order valence-corrected chi connectivity index (χ3v) is 5.13. The fourth-order valence-corrected chi connectivity index (χ4v) is 2.49. The van der Waals surface area contributed by atoms with E-state index in [9.17, 15) is 0 Å². The number of rotatable bonds is 2. The smallest absolute Gasteiger partial charge is 0.197 e. The number of aromatic nitrogens is 2. The van der Waals surface area contributed by atoms with Gasteiger partial charge in [0, 0.05) is 6.07 Å². The highest BCUT2D eigenvalue weighted by molar-refractivity contribution is 9.13. The molecule has 0 saturated heterocycles. The molecule has 0 aliphatic carbocycles. The van der Waals surface area contributed by atoms with Crippen LogP contribution in [-0.4, -0.2) is 9.97 Å². The van der Waals surface area contributed by atoms with Gasteiger partial charge < -0.3 is 4.42 Å². The lowest BCUT2D eigenvalue weighted by molar-refractivity contribution is 0.549. The molecule has 0 N–H and O–H groups in total. The van der Waals surface area contributed by atoms with E-state index in [0.717, 1.165) is 21.1 Å². The number of nitrogens with zero attached hydrogens (tertiary/aromatic N) is 2. The summed E-state index contributed by atoms with van der Waals surface area (Å²) in [5.74, 6) is 1.04. The van der Waals surface area contributed by atoms with Crippen molar-refractivity contribution in [1.82, 2.24) is 9.97 Å². The number of halogens is 4. The zero-order valence-electron chi connectivity index (χ0n) is 8.60. The van der Waals surface area contributed by atoms with Crippen molar-refractivity contribution in [2.45, 2.75) is 13.3 Å². The minimum absolute atomic E-state index is 0.385. The van der Waals surface area contributed by atoms with Crippen molar-refractivity contribution in [3.05, 3.63) is 30.5 Å². The molecule has 0 unspecified atom stereocenters. The molecule has 2 aromatic rings. The van der Waals surface area contributed by atoms with E-state index in [1.54, 1.807) is 6.07 Å². The van der Waals surface area contributed by atoms with Gasteiger partial charge in [-0.1, -0.05) is 18.5 Å². The Bertz CT molecular complexity index is 551. The molecular formula is C10H6Br3ClN2O. The highest BCUT2D eigenvalue weighted by Gasteiger charge is 2.15. The number of hydrogen-bond acceptors (Lipinski definition) is 3. The van der Waals surface area contributed by atoms with Crippen molar-refractivity contribution < 1.29 is 4.42 Å². The first-order valence-corrected chi connectivity index (χ1v) is 7.45. The second kappa shape index (κ2) is 5.38. The van der Waals surface area contributed by atoms with Crippen LogP contribution in [0.5, 0.6) is 0 Å². The Morgan fingerprint density at radius 1 is 1.29 bits per heavy atom. The second-order valence-electron chi connectivity index (χ2n) is 3.18. The van der Waals surface area contributed by atoms with E-state index in [-0.39, 0.29) is 0 Å². The monoisotopic (exact) mass is 442 g/mol. The average Bonchev–Trinajstić information content (AvgIpc) is 2.63.